The van der Waals surface area contributed by atoms with Crippen molar-refractivity contribution in [1.82, 2.24) is 0 Å². The van der Waals surface area contributed by atoms with Crippen LogP contribution in [0, 0.1) is 11.8 Å². The lowest BCUT2D eigenvalue weighted by atomic mass is 9.86. The summed E-state index contributed by atoms with van der Waals surface area (Å²) < 4.78 is 0. The molecule has 0 spiro atoms. The summed E-state index contributed by atoms with van der Waals surface area (Å²) >= 11 is 0. The van der Waals surface area contributed by atoms with Gasteiger partial charge in [-0.1, -0.05) is 30.7 Å². The second kappa shape index (κ2) is 6.64. The molecule has 0 bridgehead atoms. The predicted molar refractivity (Wildman–Crippen MR) is 66.3 cm³/mol. The highest BCUT2D eigenvalue weighted by atomic mass is 14.2. The van der Waals surface area contributed by atoms with Crippen molar-refractivity contribution in [3.05, 3.63) is 37.0 Å². The average molecular weight is 192 g/mol. The van der Waals surface area contributed by atoms with E-state index in [1.54, 1.807) is 0 Å². The average Bonchev–Trinajstić information content (AvgIpc) is 2.10. The molecule has 2 atom stereocenters. The standard InChI is InChI=1S/C14H24/c1-7-13(6)10-14(12(4)5)9-8-11(2)3/h7,13-14H,1-2,4,8-10H2,3,5-6H3. The Bertz CT molecular complexity index is 210. The fraction of sp³-hybridized carbons (Fsp3) is 0.571. The molecule has 0 aliphatic carbocycles. The van der Waals surface area contributed by atoms with Crippen LogP contribution in [0.1, 0.15) is 40.0 Å². The summed E-state index contributed by atoms with van der Waals surface area (Å²) in [4.78, 5) is 0. The van der Waals surface area contributed by atoms with E-state index in [0.29, 0.717) is 11.8 Å². The van der Waals surface area contributed by atoms with Gasteiger partial charge in [-0.25, -0.2) is 0 Å². The van der Waals surface area contributed by atoms with Gasteiger partial charge in [-0.3, -0.25) is 0 Å². The summed E-state index contributed by atoms with van der Waals surface area (Å²) in [6.45, 7) is 18.2. The van der Waals surface area contributed by atoms with Crippen molar-refractivity contribution in [2.45, 2.75) is 40.0 Å². The minimum atomic E-state index is 0.585. The third-order valence-corrected chi connectivity index (χ3v) is 2.68. The van der Waals surface area contributed by atoms with Crippen molar-refractivity contribution in [1.29, 1.82) is 0 Å². The molecule has 0 aliphatic rings. The SMILES string of the molecule is C=CC(C)CC(CCC(=C)C)C(=C)C. The molecular weight excluding hydrogens is 168 g/mol. The Morgan fingerprint density at radius 1 is 1.29 bits per heavy atom. The number of hydrogen-bond acceptors (Lipinski definition) is 0. The molecule has 80 valence electrons. The predicted octanol–water partition coefficient (Wildman–Crippen LogP) is 4.75. The van der Waals surface area contributed by atoms with Crippen molar-refractivity contribution in [3.8, 4) is 0 Å². The van der Waals surface area contributed by atoms with Crippen molar-refractivity contribution >= 4 is 0 Å². The van der Waals surface area contributed by atoms with Gasteiger partial charge in [-0.15, -0.1) is 13.2 Å². The summed E-state index contributed by atoms with van der Waals surface area (Å²) in [6.07, 6.45) is 5.49. The first-order chi connectivity index (χ1) is 6.47. The maximum absolute atomic E-state index is 4.06. The van der Waals surface area contributed by atoms with Gasteiger partial charge >= 0.3 is 0 Å². The van der Waals surface area contributed by atoms with Gasteiger partial charge in [0.25, 0.3) is 0 Å². The van der Waals surface area contributed by atoms with Gasteiger partial charge in [-0.05, 0) is 44.9 Å². The molecule has 0 amide bonds. The monoisotopic (exact) mass is 192 g/mol. The molecule has 0 fully saturated rings. The van der Waals surface area contributed by atoms with E-state index in [0.717, 1.165) is 6.42 Å². The summed E-state index contributed by atoms with van der Waals surface area (Å²) in [7, 11) is 0. The Morgan fingerprint density at radius 2 is 1.86 bits per heavy atom. The van der Waals surface area contributed by atoms with Crippen molar-refractivity contribution < 1.29 is 0 Å². The number of allylic oxidation sites excluding steroid dienone is 3. The Labute approximate surface area is 89.4 Å². The van der Waals surface area contributed by atoms with Crippen LogP contribution >= 0.6 is 0 Å². The molecule has 14 heavy (non-hydrogen) atoms. The van der Waals surface area contributed by atoms with E-state index >= 15 is 0 Å². The number of rotatable bonds is 7. The quantitative estimate of drug-likeness (QED) is 0.511. The summed E-state index contributed by atoms with van der Waals surface area (Å²) in [6, 6.07) is 0. The fourth-order valence-electron chi connectivity index (χ4n) is 1.53. The molecule has 0 aromatic heterocycles. The van der Waals surface area contributed by atoms with E-state index in [4.69, 9.17) is 0 Å². The molecule has 0 rings (SSSR count). The van der Waals surface area contributed by atoms with Gasteiger partial charge < -0.3 is 0 Å². The van der Waals surface area contributed by atoms with Gasteiger partial charge in [0.1, 0.15) is 0 Å². The molecule has 0 aromatic rings. The van der Waals surface area contributed by atoms with E-state index in [-0.39, 0.29) is 0 Å². The Morgan fingerprint density at radius 3 is 2.21 bits per heavy atom. The largest absolute Gasteiger partial charge is 0.103 e. The molecule has 0 aromatic carbocycles. The first-order valence-electron chi connectivity index (χ1n) is 5.39. The third-order valence-electron chi connectivity index (χ3n) is 2.68. The lowest BCUT2D eigenvalue weighted by molar-refractivity contribution is 0.460. The Balaban J connectivity index is 4.08. The van der Waals surface area contributed by atoms with Gasteiger partial charge in [0, 0.05) is 0 Å². The highest BCUT2D eigenvalue weighted by molar-refractivity contribution is 5.00. The van der Waals surface area contributed by atoms with Crippen LogP contribution in [-0.2, 0) is 0 Å². The lowest BCUT2D eigenvalue weighted by Crippen LogP contribution is -2.06. The fourth-order valence-corrected chi connectivity index (χ4v) is 1.53. The van der Waals surface area contributed by atoms with E-state index < -0.39 is 0 Å². The Kier molecular flexibility index (Phi) is 6.27. The first-order valence-corrected chi connectivity index (χ1v) is 5.39. The van der Waals surface area contributed by atoms with Gasteiger partial charge in [0.2, 0.25) is 0 Å². The zero-order valence-corrected chi connectivity index (χ0v) is 9.97. The van der Waals surface area contributed by atoms with Crippen LogP contribution in [0.4, 0.5) is 0 Å². The maximum atomic E-state index is 4.06. The van der Waals surface area contributed by atoms with Crippen molar-refractivity contribution in [2.75, 3.05) is 0 Å². The normalized spacial score (nSPS) is 14.5. The zero-order chi connectivity index (χ0) is 11.1. The molecule has 0 radical (unpaired) electrons. The molecule has 0 saturated carbocycles. The van der Waals surface area contributed by atoms with Crippen LogP contribution in [0.15, 0.2) is 37.0 Å². The molecule has 2 unspecified atom stereocenters. The minimum absolute atomic E-state index is 0.585. The molecular formula is C14H24. The van der Waals surface area contributed by atoms with Crippen LogP contribution in [0.25, 0.3) is 0 Å². The molecule has 0 N–H and O–H groups in total. The lowest BCUT2D eigenvalue weighted by Gasteiger charge is -2.19. The first kappa shape index (κ1) is 13.2. The molecule has 0 aliphatic heterocycles. The van der Waals surface area contributed by atoms with Crippen LogP contribution in [0.3, 0.4) is 0 Å². The molecule has 0 heterocycles. The second-order valence-electron chi connectivity index (χ2n) is 4.49. The van der Waals surface area contributed by atoms with Crippen LogP contribution < -0.4 is 0 Å². The molecule has 0 saturated heterocycles. The maximum Gasteiger partial charge on any atom is -0.0200 e. The highest BCUT2D eigenvalue weighted by Crippen LogP contribution is 2.25. The van der Waals surface area contributed by atoms with E-state index in [1.807, 2.05) is 6.08 Å². The van der Waals surface area contributed by atoms with E-state index in [1.165, 1.54) is 24.0 Å². The van der Waals surface area contributed by atoms with Crippen LogP contribution in [0.2, 0.25) is 0 Å². The minimum Gasteiger partial charge on any atom is -0.103 e. The summed E-state index contributed by atoms with van der Waals surface area (Å²) in [5.41, 5.74) is 2.56. The van der Waals surface area contributed by atoms with Crippen LogP contribution in [0.5, 0.6) is 0 Å². The van der Waals surface area contributed by atoms with Crippen molar-refractivity contribution in [2.24, 2.45) is 11.8 Å². The third kappa shape index (κ3) is 5.80. The summed E-state index contributed by atoms with van der Waals surface area (Å²) in [5, 5.41) is 0. The number of hydrogen-bond donors (Lipinski definition) is 0. The van der Waals surface area contributed by atoms with Crippen LogP contribution in [-0.4, -0.2) is 0 Å². The van der Waals surface area contributed by atoms with Gasteiger partial charge in [0.05, 0.1) is 0 Å². The zero-order valence-electron chi connectivity index (χ0n) is 9.97. The van der Waals surface area contributed by atoms with Gasteiger partial charge in [0.15, 0.2) is 0 Å². The Hall–Kier alpha value is -0.780. The molecule has 0 nitrogen and oxygen atoms in total. The van der Waals surface area contributed by atoms with E-state index in [2.05, 4.69) is 40.5 Å². The van der Waals surface area contributed by atoms with Gasteiger partial charge in [-0.2, -0.15) is 0 Å². The van der Waals surface area contributed by atoms with Crippen molar-refractivity contribution in [3.63, 3.8) is 0 Å². The highest BCUT2D eigenvalue weighted by Gasteiger charge is 2.11. The second-order valence-corrected chi connectivity index (χ2v) is 4.49. The van der Waals surface area contributed by atoms with E-state index in [9.17, 15) is 0 Å². The smallest absolute Gasteiger partial charge is 0.0200 e. The molecule has 0 heteroatoms. The summed E-state index contributed by atoms with van der Waals surface area (Å²) in [5.74, 6) is 1.21. The topological polar surface area (TPSA) is 0 Å².